The first-order valence-corrected chi connectivity index (χ1v) is 6.86. The Morgan fingerprint density at radius 2 is 1.24 bits per heavy atom. The minimum absolute atomic E-state index is 0.490. The number of aliphatic carboxylic acids is 2. The van der Waals surface area contributed by atoms with Crippen molar-refractivity contribution in [3.8, 4) is 0 Å². The second kappa shape index (κ2) is 5.75. The zero-order valence-electron chi connectivity index (χ0n) is 10.2. The first-order valence-electron chi connectivity index (χ1n) is 5.01. The molecular formula is C10H18O4S3. The number of thioether (sulfide) groups is 1. The highest BCUT2D eigenvalue weighted by molar-refractivity contribution is 8.04. The molecule has 0 heterocycles. The van der Waals surface area contributed by atoms with Crippen LogP contribution in [0.3, 0.4) is 0 Å². The molecule has 0 aromatic rings. The second-order valence-corrected chi connectivity index (χ2v) is 7.73. The smallest absolute Gasteiger partial charge is 0.320 e. The topological polar surface area (TPSA) is 74.6 Å². The highest BCUT2D eigenvalue weighted by atomic mass is 32.2. The van der Waals surface area contributed by atoms with Gasteiger partial charge in [0.15, 0.2) is 0 Å². The van der Waals surface area contributed by atoms with E-state index in [0.29, 0.717) is 0 Å². The van der Waals surface area contributed by atoms with Crippen molar-refractivity contribution in [1.29, 1.82) is 0 Å². The maximum Gasteiger partial charge on any atom is 0.320 e. The highest BCUT2D eigenvalue weighted by Gasteiger charge is 2.49. The van der Waals surface area contributed by atoms with Gasteiger partial charge in [0.05, 0.1) is 0 Å². The van der Waals surface area contributed by atoms with Crippen LogP contribution < -0.4 is 0 Å². The van der Waals surface area contributed by atoms with Crippen LogP contribution in [0.15, 0.2) is 0 Å². The standard InChI is InChI=1S/C10H18O4S3/c1-5(15)9(3,7(11)12)17-10(4,6(2)16)8(13)14/h5-6,15-16H,1-4H3,(H,11,12)(H,13,14). The number of carboxylic acids is 2. The molecule has 0 spiro atoms. The number of hydrogen-bond acceptors (Lipinski definition) is 5. The monoisotopic (exact) mass is 298 g/mol. The van der Waals surface area contributed by atoms with Crippen LogP contribution in [0, 0.1) is 0 Å². The van der Waals surface area contributed by atoms with E-state index in [-0.39, 0.29) is 0 Å². The van der Waals surface area contributed by atoms with Crippen LogP contribution in [0.5, 0.6) is 0 Å². The lowest BCUT2D eigenvalue weighted by Gasteiger charge is -2.37. The number of thiol groups is 2. The van der Waals surface area contributed by atoms with Crippen molar-refractivity contribution in [3.05, 3.63) is 0 Å². The van der Waals surface area contributed by atoms with Crippen LogP contribution in [0.25, 0.3) is 0 Å². The number of hydrogen-bond donors (Lipinski definition) is 4. The molecule has 0 saturated carbocycles. The van der Waals surface area contributed by atoms with Crippen molar-refractivity contribution in [3.63, 3.8) is 0 Å². The van der Waals surface area contributed by atoms with E-state index in [9.17, 15) is 19.8 Å². The SMILES string of the molecule is CC(S)C(C)(SC(C)(C(=O)O)C(C)S)C(=O)O. The average Bonchev–Trinajstić information content (AvgIpc) is 2.15. The molecule has 0 aliphatic heterocycles. The molecule has 0 saturated heterocycles. The molecule has 4 atom stereocenters. The molecular weight excluding hydrogens is 280 g/mol. The zero-order chi connectivity index (χ0) is 14.0. The summed E-state index contributed by atoms with van der Waals surface area (Å²) in [7, 11) is 0. The van der Waals surface area contributed by atoms with Gasteiger partial charge in [-0.05, 0) is 13.8 Å². The summed E-state index contributed by atoms with van der Waals surface area (Å²) in [5.41, 5.74) is 0. The largest absolute Gasteiger partial charge is 0.480 e. The Kier molecular flexibility index (Phi) is 5.75. The molecule has 0 aromatic carbocycles. The van der Waals surface area contributed by atoms with E-state index in [1.807, 2.05) is 0 Å². The van der Waals surface area contributed by atoms with E-state index in [2.05, 4.69) is 25.3 Å². The van der Waals surface area contributed by atoms with Crippen molar-refractivity contribution in [2.24, 2.45) is 0 Å². The first-order chi connectivity index (χ1) is 7.48. The third kappa shape index (κ3) is 3.48. The lowest BCUT2D eigenvalue weighted by Crippen LogP contribution is -2.49. The summed E-state index contributed by atoms with van der Waals surface area (Å²) in [6.07, 6.45) is 0. The van der Waals surface area contributed by atoms with Crippen LogP contribution in [0.2, 0.25) is 0 Å². The molecule has 4 unspecified atom stereocenters. The van der Waals surface area contributed by atoms with E-state index >= 15 is 0 Å². The Morgan fingerprint density at radius 1 is 1.00 bits per heavy atom. The molecule has 0 fully saturated rings. The first kappa shape index (κ1) is 17.0. The Balaban J connectivity index is 5.37. The minimum Gasteiger partial charge on any atom is -0.480 e. The van der Waals surface area contributed by atoms with E-state index < -0.39 is 31.9 Å². The van der Waals surface area contributed by atoms with Gasteiger partial charge < -0.3 is 10.2 Å². The van der Waals surface area contributed by atoms with E-state index in [1.54, 1.807) is 13.8 Å². The molecule has 0 rings (SSSR count). The van der Waals surface area contributed by atoms with Gasteiger partial charge in [0, 0.05) is 10.5 Å². The van der Waals surface area contributed by atoms with Gasteiger partial charge in [-0.15, -0.1) is 11.8 Å². The predicted octanol–water partition coefficient (Wildman–Crippen LogP) is 2.04. The van der Waals surface area contributed by atoms with Gasteiger partial charge in [0.1, 0.15) is 9.49 Å². The molecule has 0 amide bonds. The minimum atomic E-state index is -1.28. The zero-order valence-corrected chi connectivity index (χ0v) is 12.8. The molecule has 0 bridgehead atoms. The van der Waals surface area contributed by atoms with Crippen molar-refractivity contribution in [2.45, 2.75) is 47.7 Å². The van der Waals surface area contributed by atoms with Gasteiger partial charge in [-0.2, -0.15) is 25.3 Å². The Hall–Kier alpha value is -0.0100. The highest BCUT2D eigenvalue weighted by Crippen LogP contribution is 2.44. The Bertz CT molecular complexity index is 289. The summed E-state index contributed by atoms with van der Waals surface area (Å²) in [6, 6.07) is 0. The van der Waals surface area contributed by atoms with Gasteiger partial charge in [-0.25, -0.2) is 0 Å². The van der Waals surface area contributed by atoms with Crippen LogP contribution in [0.1, 0.15) is 27.7 Å². The molecule has 17 heavy (non-hydrogen) atoms. The van der Waals surface area contributed by atoms with E-state index in [4.69, 9.17) is 0 Å². The predicted molar refractivity (Wildman–Crippen MR) is 76.6 cm³/mol. The van der Waals surface area contributed by atoms with Gasteiger partial charge in [0.2, 0.25) is 0 Å². The van der Waals surface area contributed by atoms with E-state index in [1.165, 1.54) is 13.8 Å². The van der Waals surface area contributed by atoms with Gasteiger partial charge in [-0.1, -0.05) is 13.8 Å². The summed E-state index contributed by atoms with van der Waals surface area (Å²) in [4.78, 5) is 22.6. The van der Waals surface area contributed by atoms with Crippen molar-refractivity contribution >= 4 is 49.0 Å². The fourth-order valence-electron chi connectivity index (χ4n) is 1.06. The van der Waals surface area contributed by atoms with Crippen LogP contribution in [-0.2, 0) is 9.59 Å². The Morgan fingerprint density at radius 3 is 1.35 bits per heavy atom. The molecule has 0 aromatic heterocycles. The third-order valence-corrected chi connectivity index (χ3v) is 6.15. The fourth-order valence-corrected chi connectivity index (χ4v) is 2.99. The normalized spacial score (nSPS) is 22.0. The molecule has 0 aliphatic carbocycles. The van der Waals surface area contributed by atoms with Gasteiger partial charge in [-0.3, -0.25) is 9.59 Å². The lowest BCUT2D eigenvalue weighted by atomic mass is 10.1. The second-order valence-electron chi connectivity index (χ2n) is 4.28. The molecule has 4 nitrogen and oxygen atoms in total. The van der Waals surface area contributed by atoms with Crippen LogP contribution in [-0.4, -0.2) is 42.1 Å². The lowest BCUT2D eigenvalue weighted by molar-refractivity contribution is -0.139. The van der Waals surface area contributed by atoms with Gasteiger partial charge >= 0.3 is 11.9 Å². The van der Waals surface area contributed by atoms with E-state index in [0.717, 1.165) is 11.8 Å². The maximum atomic E-state index is 11.3. The summed E-state index contributed by atoms with van der Waals surface area (Å²) >= 11 is 9.17. The fraction of sp³-hybridized carbons (Fsp3) is 0.800. The summed E-state index contributed by atoms with van der Waals surface area (Å²) in [5, 5.41) is 17.5. The molecule has 2 N–H and O–H groups in total. The molecule has 7 heteroatoms. The summed E-state index contributed by atoms with van der Waals surface area (Å²) in [6.45, 7) is 6.23. The van der Waals surface area contributed by atoms with Crippen LogP contribution in [0.4, 0.5) is 0 Å². The number of carboxylic acid groups (broad SMARTS) is 2. The molecule has 100 valence electrons. The number of rotatable bonds is 6. The van der Waals surface area contributed by atoms with Crippen molar-refractivity contribution < 1.29 is 19.8 Å². The Labute approximate surface area is 116 Å². The molecule has 0 radical (unpaired) electrons. The van der Waals surface area contributed by atoms with Crippen molar-refractivity contribution in [1.82, 2.24) is 0 Å². The quantitative estimate of drug-likeness (QED) is 0.565. The third-order valence-electron chi connectivity index (χ3n) is 2.87. The number of carbonyl (C=O) groups is 2. The van der Waals surface area contributed by atoms with Gasteiger partial charge in [0.25, 0.3) is 0 Å². The van der Waals surface area contributed by atoms with Crippen molar-refractivity contribution in [2.75, 3.05) is 0 Å². The maximum absolute atomic E-state index is 11.3. The average molecular weight is 298 g/mol. The molecule has 0 aliphatic rings. The summed E-state index contributed by atoms with van der Waals surface area (Å²) < 4.78 is -2.57. The van der Waals surface area contributed by atoms with Crippen LogP contribution >= 0.6 is 37.0 Å². The summed E-state index contributed by atoms with van der Waals surface area (Å²) in [5.74, 6) is -2.15.